The molecule has 1 fully saturated rings. The Hall–Kier alpha value is 0.230. The van der Waals surface area contributed by atoms with Crippen LogP contribution in [0.1, 0.15) is 26.2 Å². The van der Waals surface area contributed by atoms with E-state index in [2.05, 4.69) is 30.0 Å². The Morgan fingerprint density at radius 3 is 2.59 bits per heavy atom. The first-order valence-electron chi connectivity index (χ1n) is 6.84. The second-order valence-corrected chi connectivity index (χ2v) is 6.09. The van der Waals surface area contributed by atoms with E-state index in [4.69, 9.17) is 5.73 Å². The topological polar surface area (TPSA) is 32.5 Å². The summed E-state index contributed by atoms with van der Waals surface area (Å²) >= 11 is 1.95. The minimum atomic E-state index is 0.448. The molecule has 0 aromatic carbocycles. The first kappa shape index (κ1) is 15.3. The molecule has 3 nitrogen and oxygen atoms in total. The fourth-order valence-corrected chi connectivity index (χ4v) is 3.28. The van der Waals surface area contributed by atoms with Crippen LogP contribution in [0.3, 0.4) is 0 Å². The van der Waals surface area contributed by atoms with Gasteiger partial charge in [-0.1, -0.05) is 6.92 Å². The molecule has 1 aliphatic heterocycles. The summed E-state index contributed by atoms with van der Waals surface area (Å²) in [6.45, 7) is 7.06. The minimum absolute atomic E-state index is 0.448. The van der Waals surface area contributed by atoms with E-state index in [0.29, 0.717) is 6.04 Å². The van der Waals surface area contributed by atoms with Crippen LogP contribution in [0.2, 0.25) is 0 Å². The van der Waals surface area contributed by atoms with Gasteiger partial charge < -0.3 is 15.5 Å². The lowest BCUT2D eigenvalue weighted by atomic mass is 10.1. The molecule has 1 unspecified atom stereocenters. The lowest BCUT2D eigenvalue weighted by molar-refractivity contribution is 0.168. The summed E-state index contributed by atoms with van der Waals surface area (Å²) in [4.78, 5) is 5.08. The number of piperidine rings is 1. The Balaban J connectivity index is 2.20. The zero-order valence-electron chi connectivity index (χ0n) is 11.7. The Morgan fingerprint density at radius 2 is 2.06 bits per heavy atom. The molecule has 0 aromatic rings. The molecule has 17 heavy (non-hydrogen) atoms. The lowest BCUT2D eigenvalue weighted by Crippen LogP contribution is -2.44. The fraction of sp³-hybridized carbons (Fsp3) is 1.00. The molecule has 1 rings (SSSR count). The average molecular weight is 259 g/mol. The van der Waals surface area contributed by atoms with Gasteiger partial charge >= 0.3 is 0 Å². The van der Waals surface area contributed by atoms with E-state index < -0.39 is 0 Å². The highest BCUT2D eigenvalue weighted by Crippen LogP contribution is 2.10. The molecule has 0 aliphatic carbocycles. The van der Waals surface area contributed by atoms with Gasteiger partial charge in [0.15, 0.2) is 0 Å². The largest absolute Gasteiger partial charge is 0.328 e. The van der Waals surface area contributed by atoms with Crippen LogP contribution in [-0.2, 0) is 0 Å². The molecule has 1 atom stereocenters. The number of likely N-dealkylation sites (N-methyl/N-ethyl adjacent to an activating group) is 1. The molecule has 0 bridgehead atoms. The number of hydrogen-bond acceptors (Lipinski definition) is 4. The summed E-state index contributed by atoms with van der Waals surface area (Å²) in [6, 6.07) is 1.18. The van der Waals surface area contributed by atoms with E-state index in [1.165, 1.54) is 51.2 Å². The third kappa shape index (κ3) is 5.60. The molecule has 1 heterocycles. The van der Waals surface area contributed by atoms with Gasteiger partial charge in [0.2, 0.25) is 0 Å². The second-order valence-electron chi connectivity index (χ2n) is 5.18. The summed E-state index contributed by atoms with van der Waals surface area (Å²) in [6.07, 6.45) is 5.79. The maximum absolute atomic E-state index is 5.92. The highest BCUT2D eigenvalue weighted by Gasteiger charge is 2.17. The van der Waals surface area contributed by atoms with Crippen LogP contribution < -0.4 is 5.73 Å². The molecule has 0 radical (unpaired) electrons. The van der Waals surface area contributed by atoms with E-state index in [1.807, 2.05) is 11.8 Å². The van der Waals surface area contributed by atoms with Gasteiger partial charge in [0.1, 0.15) is 0 Å². The van der Waals surface area contributed by atoms with Gasteiger partial charge in [-0.25, -0.2) is 0 Å². The molecule has 4 heteroatoms. The van der Waals surface area contributed by atoms with E-state index in [-0.39, 0.29) is 0 Å². The van der Waals surface area contributed by atoms with Crippen LogP contribution in [-0.4, -0.2) is 67.1 Å². The number of nitrogens with two attached hydrogens (primary N) is 1. The van der Waals surface area contributed by atoms with Crippen LogP contribution in [0.15, 0.2) is 0 Å². The van der Waals surface area contributed by atoms with Crippen molar-refractivity contribution in [2.45, 2.75) is 38.3 Å². The number of thioether (sulfide) groups is 1. The number of rotatable bonds is 7. The van der Waals surface area contributed by atoms with E-state index >= 15 is 0 Å². The van der Waals surface area contributed by atoms with Crippen molar-refractivity contribution in [1.82, 2.24) is 9.80 Å². The summed E-state index contributed by atoms with van der Waals surface area (Å²) in [5.74, 6) is 1.25. The molecule has 0 aromatic heterocycles. The smallest absolute Gasteiger partial charge is 0.0181 e. The standard InChI is InChI=1S/C13H29N3S/c1-4-13(11-17-3)15(2)9-10-16-7-5-12(14)6-8-16/h12-13H,4-11,14H2,1-3H3. The Labute approximate surface area is 111 Å². The third-order valence-electron chi connectivity index (χ3n) is 3.85. The molecular formula is C13H29N3S. The van der Waals surface area contributed by atoms with Gasteiger partial charge in [-0.15, -0.1) is 0 Å². The van der Waals surface area contributed by atoms with Crippen molar-refractivity contribution in [3.05, 3.63) is 0 Å². The van der Waals surface area contributed by atoms with Gasteiger partial charge in [0.25, 0.3) is 0 Å². The first-order chi connectivity index (χ1) is 8.17. The SMILES string of the molecule is CCC(CSC)N(C)CCN1CCC(N)CC1. The van der Waals surface area contributed by atoms with Crippen LogP contribution in [0, 0.1) is 0 Å². The van der Waals surface area contributed by atoms with Gasteiger partial charge in [0.05, 0.1) is 0 Å². The average Bonchev–Trinajstić information content (AvgIpc) is 2.35. The monoisotopic (exact) mass is 259 g/mol. The summed E-state index contributed by atoms with van der Waals surface area (Å²) in [5.41, 5.74) is 5.92. The molecule has 1 saturated heterocycles. The molecule has 102 valence electrons. The summed E-state index contributed by atoms with van der Waals surface area (Å²) in [5, 5.41) is 0. The fourth-order valence-electron chi connectivity index (χ4n) is 2.41. The molecule has 1 aliphatic rings. The molecule has 2 N–H and O–H groups in total. The van der Waals surface area contributed by atoms with Crippen molar-refractivity contribution >= 4 is 11.8 Å². The predicted octanol–water partition coefficient (Wildman–Crippen LogP) is 1.48. The molecule has 0 amide bonds. The van der Waals surface area contributed by atoms with E-state index in [9.17, 15) is 0 Å². The van der Waals surface area contributed by atoms with Gasteiger partial charge in [0, 0.05) is 30.9 Å². The van der Waals surface area contributed by atoms with Crippen molar-refractivity contribution in [3.63, 3.8) is 0 Å². The quantitative estimate of drug-likeness (QED) is 0.751. The van der Waals surface area contributed by atoms with Crippen molar-refractivity contribution < 1.29 is 0 Å². The number of hydrogen-bond donors (Lipinski definition) is 1. The van der Waals surface area contributed by atoms with Gasteiger partial charge in [-0.05, 0) is 45.7 Å². The third-order valence-corrected chi connectivity index (χ3v) is 4.57. The maximum Gasteiger partial charge on any atom is 0.0181 e. The number of likely N-dealkylation sites (tertiary alicyclic amines) is 1. The normalized spacial score (nSPS) is 21.0. The first-order valence-corrected chi connectivity index (χ1v) is 8.23. The zero-order chi connectivity index (χ0) is 12.7. The van der Waals surface area contributed by atoms with Crippen molar-refractivity contribution in [2.75, 3.05) is 45.2 Å². The molecule has 0 spiro atoms. The van der Waals surface area contributed by atoms with Crippen molar-refractivity contribution in [1.29, 1.82) is 0 Å². The van der Waals surface area contributed by atoms with Crippen LogP contribution in [0.5, 0.6) is 0 Å². The second kappa shape index (κ2) is 8.35. The van der Waals surface area contributed by atoms with Crippen LogP contribution in [0.25, 0.3) is 0 Å². The summed E-state index contributed by atoms with van der Waals surface area (Å²) < 4.78 is 0. The molecule has 0 saturated carbocycles. The van der Waals surface area contributed by atoms with Gasteiger partial charge in [-0.3, -0.25) is 0 Å². The van der Waals surface area contributed by atoms with Gasteiger partial charge in [-0.2, -0.15) is 11.8 Å². The Bertz CT molecular complexity index is 193. The van der Waals surface area contributed by atoms with E-state index in [1.54, 1.807) is 0 Å². The Kier molecular flexibility index (Phi) is 7.51. The minimum Gasteiger partial charge on any atom is -0.328 e. The highest BCUT2D eigenvalue weighted by atomic mass is 32.2. The predicted molar refractivity (Wildman–Crippen MR) is 78.7 cm³/mol. The van der Waals surface area contributed by atoms with Crippen molar-refractivity contribution in [2.24, 2.45) is 5.73 Å². The van der Waals surface area contributed by atoms with E-state index in [0.717, 1.165) is 6.04 Å². The lowest BCUT2D eigenvalue weighted by Gasteiger charge is -2.33. The summed E-state index contributed by atoms with van der Waals surface area (Å²) in [7, 11) is 2.26. The number of nitrogens with zero attached hydrogens (tertiary/aromatic N) is 2. The zero-order valence-corrected chi connectivity index (χ0v) is 12.5. The van der Waals surface area contributed by atoms with Crippen molar-refractivity contribution in [3.8, 4) is 0 Å². The molecular weight excluding hydrogens is 230 g/mol. The Morgan fingerprint density at radius 1 is 1.41 bits per heavy atom. The maximum atomic E-state index is 5.92. The van der Waals surface area contributed by atoms with Crippen LogP contribution in [0.4, 0.5) is 0 Å². The highest BCUT2D eigenvalue weighted by molar-refractivity contribution is 7.98. The van der Waals surface area contributed by atoms with Crippen LogP contribution >= 0.6 is 11.8 Å².